The molecule has 0 aliphatic rings. The highest BCUT2D eigenvalue weighted by Gasteiger charge is 2.41. The number of carbonyl (C=O) groups excluding carboxylic acids is 15. The van der Waals surface area contributed by atoms with Crippen LogP contribution in [0.3, 0.4) is 0 Å². The number of rotatable bonds is 60. The number of nitrogens with two attached hydrogens (primary N) is 6. The van der Waals surface area contributed by atoms with Crippen LogP contribution in [0.5, 0.6) is 0 Å². The fourth-order valence-corrected chi connectivity index (χ4v) is 13.7. The molecule has 0 unspecified atom stereocenters. The van der Waals surface area contributed by atoms with E-state index in [1.165, 1.54) is 0 Å². The topological polar surface area (TPSA) is 768 Å². The lowest BCUT2D eigenvalue weighted by Gasteiger charge is -2.29. The summed E-state index contributed by atoms with van der Waals surface area (Å²) >= 11 is 8.43. The summed E-state index contributed by atoms with van der Waals surface area (Å²) in [6.07, 6.45) is -2.48. The first-order valence-corrected chi connectivity index (χ1v) is 42.8. The Morgan fingerprint density at radius 3 is 1.17 bits per heavy atom. The number of hydrogen-bond donors (Lipinski definition) is 29. The fourth-order valence-electron chi connectivity index (χ4n) is 13.1. The van der Waals surface area contributed by atoms with Gasteiger partial charge in [-0.25, -0.2) is 4.79 Å². The third-order valence-corrected chi connectivity index (χ3v) is 21.6. The van der Waals surface area contributed by atoms with E-state index in [0.29, 0.717) is 52.2 Å². The molecule has 17 atom stereocenters. The van der Waals surface area contributed by atoms with E-state index in [2.05, 4.69) is 110 Å². The van der Waals surface area contributed by atoms with Crippen LogP contribution in [0.25, 0.3) is 21.8 Å². The zero-order chi connectivity index (χ0) is 94.9. The molecule has 2 heterocycles. The Balaban J connectivity index is 1.57. The first-order chi connectivity index (χ1) is 60.1. The average molecular weight is 1820 g/mol. The van der Waals surface area contributed by atoms with Crippen LogP contribution < -0.4 is 109 Å². The molecule has 0 saturated heterocycles. The van der Waals surface area contributed by atoms with E-state index in [-0.39, 0.29) is 83.3 Å². The number of carboxylic acids is 3. The number of fused-ring (bicyclic) bond motifs is 2. The third kappa shape index (κ3) is 36.0. The number of hydrogen-bond acceptors (Lipinski definition) is 25. The summed E-state index contributed by atoms with van der Waals surface area (Å²) in [4.78, 5) is 253. The number of carboxylic acid groups (broad SMARTS) is 3. The molecule has 4 aromatic rings. The smallest absolute Gasteiger partial charge is 0.326 e. The molecule has 702 valence electrons. The van der Waals surface area contributed by atoms with Crippen molar-refractivity contribution in [3.63, 3.8) is 0 Å². The molecule has 45 nitrogen and oxygen atoms in total. The second kappa shape index (κ2) is 54.6. The molecule has 0 fully saturated rings. The van der Waals surface area contributed by atoms with Crippen LogP contribution in [-0.2, 0) is 99.1 Å². The van der Waals surface area contributed by atoms with Crippen molar-refractivity contribution in [1.82, 2.24) is 84.4 Å². The molecule has 127 heavy (non-hydrogen) atoms. The summed E-state index contributed by atoms with van der Waals surface area (Å²) in [6.45, 7) is 8.06. The predicted octanol–water partition coefficient (Wildman–Crippen LogP) is -5.52. The summed E-state index contributed by atoms with van der Waals surface area (Å²) in [6, 6.07) is -9.51. The maximum Gasteiger partial charge on any atom is 0.326 e. The van der Waals surface area contributed by atoms with Gasteiger partial charge in [0.15, 0.2) is 5.96 Å². The number of para-hydroxylation sites is 2. The molecule has 15 amide bonds. The average Bonchev–Trinajstić information content (AvgIpc) is 1.70. The van der Waals surface area contributed by atoms with Gasteiger partial charge in [-0.3, -0.25) is 86.9 Å². The second-order valence-corrected chi connectivity index (χ2v) is 31.5. The van der Waals surface area contributed by atoms with Crippen molar-refractivity contribution in [2.75, 3.05) is 31.1 Å². The van der Waals surface area contributed by atoms with Gasteiger partial charge in [-0.15, -0.1) is 0 Å². The maximum atomic E-state index is 14.7. The van der Waals surface area contributed by atoms with Gasteiger partial charge in [-0.2, -0.15) is 25.3 Å². The molecule has 0 radical (unpaired) electrons. The van der Waals surface area contributed by atoms with Gasteiger partial charge in [-0.1, -0.05) is 76.9 Å². The monoisotopic (exact) mass is 1820 g/mol. The molecule has 2 aromatic carbocycles. The summed E-state index contributed by atoms with van der Waals surface area (Å²) < 4.78 is 0. The Morgan fingerprint density at radius 1 is 0.402 bits per heavy atom. The number of H-pyrrole nitrogens is 2. The summed E-state index contributed by atoms with van der Waals surface area (Å²) in [7, 11) is 0. The highest BCUT2D eigenvalue weighted by molar-refractivity contribution is 7.80. The van der Waals surface area contributed by atoms with Crippen molar-refractivity contribution in [3.8, 4) is 0 Å². The number of aliphatic carboxylic acids is 3. The number of aromatic amines is 2. The molecule has 0 bridgehead atoms. The second-order valence-electron chi connectivity index (χ2n) is 30.8. The molecule has 33 N–H and O–H groups in total. The molecule has 0 aliphatic heterocycles. The Bertz CT molecular complexity index is 4480. The minimum atomic E-state index is -2.16. The van der Waals surface area contributed by atoms with Crippen molar-refractivity contribution in [3.05, 3.63) is 72.1 Å². The largest absolute Gasteiger partial charge is 0.481 e. The number of unbranched alkanes of at least 4 members (excludes halogenated alkanes) is 2. The molecule has 0 aliphatic carbocycles. The van der Waals surface area contributed by atoms with Crippen molar-refractivity contribution < 1.29 is 107 Å². The summed E-state index contributed by atoms with van der Waals surface area (Å²) in [5, 5.41) is 83.7. The van der Waals surface area contributed by atoms with Gasteiger partial charge in [-0.05, 0) is 119 Å². The Morgan fingerprint density at radius 2 is 0.756 bits per heavy atom. The van der Waals surface area contributed by atoms with Crippen LogP contribution in [0.1, 0.15) is 148 Å². The van der Waals surface area contributed by atoms with E-state index >= 15 is 0 Å². The zero-order valence-corrected chi connectivity index (χ0v) is 73.1. The molecule has 2 aromatic heterocycles. The molecule has 0 saturated carbocycles. The van der Waals surface area contributed by atoms with Crippen LogP contribution >= 0.6 is 25.3 Å². The molecular formula is C80H123N23O22S2. The van der Waals surface area contributed by atoms with Crippen LogP contribution in [-0.4, -0.2) is 265 Å². The van der Waals surface area contributed by atoms with Crippen LogP contribution in [0.2, 0.25) is 0 Å². The number of aliphatic hydroxyl groups is 1. The SMILES string of the molecule is CC[C@H](C)[C@H](N)C(=O)N[C@@H](Cc1c[nH]c2ccccc12)C(=O)N[C@@H](CC(=O)O)C(=O)N[C@@H](CCC(=O)O)C(=O)N[C@H](C(=O)N[C@@H](CC(N)=O)C(=O)N[C@@H](CS)C(=O)N[C@@H](CS)C(=O)N[C@@H](CCCNC(=N)N)C(=O)N[C@@H](CCCCN)C(=O)N[C@@H](CCC(N)=O)C(=O)N[C@H](C(=O)N[C@@H](Cc1c[nH]c2ccccc12)C(=O)N[C@@H](CCCCN)C(=O)O)[C@@H](C)CC)[C@@H](C)O. The Hall–Kier alpha value is -12.2. The normalized spacial score (nSPS) is 15.2. The number of aliphatic hydroxyl groups excluding tert-OH is 1. The fraction of sp³-hybridized carbons (Fsp3) is 0.562. The van der Waals surface area contributed by atoms with E-state index in [1.807, 2.05) is 0 Å². The number of benzene rings is 2. The molecule has 0 spiro atoms. The molecule has 4 rings (SSSR count). The van der Waals surface area contributed by atoms with Crippen LogP contribution in [0, 0.1) is 17.2 Å². The highest BCUT2D eigenvalue weighted by Crippen LogP contribution is 2.23. The quantitative estimate of drug-likeness (QED) is 0.00848. The summed E-state index contributed by atoms with van der Waals surface area (Å²) in [5.41, 5.74) is 36.7. The van der Waals surface area contributed by atoms with Gasteiger partial charge in [0.1, 0.15) is 78.5 Å². The number of amides is 15. The van der Waals surface area contributed by atoms with Gasteiger partial charge < -0.3 is 139 Å². The van der Waals surface area contributed by atoms with Crippen molar-refractivity contribution in [2.24, 2.45) is 46.2 Å². The summed E-state index contributed by atoms with van der Waals surface area (Å²) in [5.74, 6) is -24.0. The van der Waals surface area contributed by atoms with Crippen molar-refractivity contribution >= 4 is 160 Å². The lowest BCUT2D eigenvalue weighted by atomic mass is 9.96. The van der Waals surface area contributed by atoms with Gasteiger partial charge in [0.05, 0.1) is 25.0 Å². The third-order valence-electron chi connectivity index (χ3n) is 20.9. The standard InChI is InChI=1S/C80H123N23O22S2/c1-6-39(3)63(85)76(121)97-53(31-42-35-89-46-19-10-8-17-44(42)46)71(116)96-56(34-62(109)110)73(118)94-51(25-27-61(107)108)69(114)103-65(41(5)104)78(123)99-55(33-60(84)106)72(117)100-58(38-127)75(120)101-57(37-126)74(119)92-49(23-16-30-88-80(86)87)67(112)91-48(21-12-14-28-81)66(111)93-50(24-26-59(83)105)68(113)102-64(40(4)7-2)77(122)98-54(32-43-36-90-47-20-11-9-18-45(43)47)70(115)95-52(79(124)125)22-13-15-29-82/h8-11,17-20,35-36,39-41,48-58,63-65,89-90,104,126-127H,6-7,12-16,21-34,37-38,81-82,85H2,1-5H3,(H2,83,105)(H2,84,106)(H,91,112)(H,92,119)(H,93,111)(H,94,118)(H,95,115)(H,96,116)(H,97,121)(H,98,122)(H,99,123)(H,100,117)(H,101,120)(H,102,113)(H,103,114)(H,107,108)(H,109,110)(H,124,125)(H4,86,87,88)/t39-,40-,41+,48-,49-,50-,51-,52-,53-,54-,55-,56-,57-,58-,63-,64-,65-/m0/s1. The van der Waals surface area contributed by atoms with E-state index in [1.54, 1.807) is 88.6 Å². The number of thiol groups is 2. The van der Waals surface area contributed by atoms with Crippen LogP contribution in [0.4, 0.5) is 0 Å². The number of nitrogens with one attached hydrogen (secondary N) is 17. The number of aromatic nitrogens is 2. The first kappa shape index (κ1) is 107. The predicted molar refractivity (Wildman–Crippen MR) is 469 cm³/mol. The number of guanidine groups is 1. The van der Waals surface area contributed by atoms with Crippen LogP contribution in [0.15, 0.2) is 60.9 Å². The first-order valence-electron chi connectivity index (χ1n) is 41.5. The highest BCUT2D eigenvalue weighted by atomic mass is 32.1. The van der Waals surface area contributed by atoms with Gasteiger partial charge >= 0.3 is 17.9 Å². The minimum absolute atomic E-state index is 0.0112. The Labute approximate surface area is 742 Å². The number of carbonyl (C=O) groups is 18. The molecule has 47 heteroatoms. The van der Waals surface area contributed by atoms with Crippen molar-refractivity contribution in [2.45, 2.75) is 241 Å². The van der Waals surface area contributed by atoms with Gasteiger partial charge in [0.25, 0.3) is 0 Å². The van der Waals surface area contributed by atoms with Gasteiger partial charge in [0, 0.05) is 77.9 Å². The van der Waals surface area contributed by atoms with Gasteiger partial charge in [0.2, 0.25) is 88.6 Å². The van der Waals surface area contributed by atoms with E-state index in [4.69, 9.17) is 39.8 Å². The maximum absolute atomic E-state index is 14.7. The van der Waals surface area contributed by atoms with E-state index in [0.717, 1.165) is 6.92 Å². The number of primary amides is 2. The minimum Gasteiger partial charge on any atom is -0.481 e. The lowest BCUT2D eigenvalue weighted by molar-refractivity contribution is -0.143. The van der Waals surface area contributed by atoms with Crippen molar-refractivity contribution in [1.29, 1.82) is 5.41 Å². The van der Waals surface area contributed by atoms with E-state index in [9.17, 15) is 107 Å². The van der Waals surface area contributed by atoms with E-state index < -0.39 is 259 Å². The Kier molecular flexibility index (Phi) is 46.1. The zero-order valence-electron chi connectivity index (χ0n) is 71.3. The molecular weight excluding hydrogens is 1700 g/mol. The lowest BCUT2D eigenvalue weighted by Crippen LogP contribution is -2.62.